The van der Waals surface area contributed by atoms with Crippen molar-refractivity contribution in [2.24, 2.45) is 17.6 Å². The Bertz CT molecular complexity index is 1190. The Hall–Kier alpha value is -3.10. The molecule has 3 aromatic heterocycles. The van der Waals surface area contributed by atoms with Crippen LogP contribution in [0.3, 0.4) is 0 Å². The van der Waals surface area contributed by atoms with E-state index in [0.29, 0.717) is 34.3 Å². The van der Waals surface area contributed by atoms with E-state index < -0.39 is 0 Å². The smallest absolute Gasteiger partial charge is 0.273 e. The van der Waals surface area contributed by atoms with Crippen LogP contribution in [0.2, 0.25) is 5.02 Å². The van der Waals surface area contributed by atoms with Crippen molar-refractivity contribution >= 4 is 17.4 Å². The number of fused-ring (bicyclic) bond motifs is 1. The van der Waals surface area contributed by atoms with Crippen LogP contribution in [-0.2, 0) is 6.61 Å². The summed E-state index contributed by atoms with van der Waals surface area (Å²) in [7, 11) is 0. The second-order valence-electron chi connectivity index (χ2n) is 7.70. The maximum atomic E-state index is 12.6. The van der Waals surface area contributed by atoms with E-state index in [4.69, 9.17) is 22.1 Å². The molecule has 30 heavy (non-hydrogen) atoms. The van der Waals surface area contributed by atoms with Gasteiger partial charge in [-0.3, -0.25) is 19.1 Å². The van der Waals surface area contributed by atoms with E-state index in [0.717, 1.165) is 18.9 Å². The molecule has 5 rings (SSSR count). The first kappa shape index (κ1) is 18.9. The van der Waals surface area contributed by atoms with Crippen molar-refractivity contribution < 1.29 is 4.74 Å². The molecule has 2 fully saturated rings. The number of ether oxygens (including phenoxy) is 1. The lowest BCUT2D eigenvalue weighted by Crippen LogP contribution is -2.31. The number of piperidine rings is 1. The number of pyridine rings is 3. The fourth-order valence-electron chi connectivity index (χ4n) is 4.00. The first-order valence-electron chi connectivity index (χ1n) is 9.70. The molecule has 1 aliphatic carbocycles. The zero-order chi connectivity index (χ0) is 20.8. The third-order valence-corrected chi connectivity index (χ3v) is 6.02. The number of rotatable bonds is 5. The van der Waals surface area contributed by atoms with Crippen molar-refractivity contribution in [3.05, 3.63) is 80.2 Å². The molecule has 0 amide bonds. The van der Waals surface area contributed by atoms with Gasteiger partial charge in [-0.15, -0.1) is 0 Å². The molecular formula is C21H20ClN5O3. The summed E-state index contributed by atoms with van der Waals surface area (Å²) < 4.78 is 6.92. The third kappa shape index (κ3) is 3.48. The van der Waals surface area contributed by atoms with Gasteiger partial charge in [-0.05, 0) is 42.2 Å². The number of halogens is 1. The summed E-state index contributed by atoms with van der Waals surface area (Å²) in [5.41, 5.74) is 6.25. The SMILES string of the molecule is NC1C2CN(c3ccc(-n4ccc(OCc5ccc(Cl)cn5)cc4=O)c(=O)[nH]3)CC12. The average Bonchev–Trinajstić information content (AvgIpc) is 3.13. The van der Waals surface area contributed by atoms with Crippen LogP contribution in [0.1, 0.15) is 5.69 Å². The number of hydrogen-bond donors (Lipinski definition) is 2. The Morgan fingerprint density at radius 2 is 1.97 bits per heavy atom. The summed E-state index contributed by atoms with van der Waals surface area (Å²) in [6, 6.07) is 10.2. The van der Waals surface area contributed by atoms with Crippen molar-refractivity contribution in [3.8, 4) is 11.4 Å². The molecule has 154 valence electrons. The molecule has 0 spiro atoms. The highest BCUT2D eigenvalue weighted by atomic mass is 35.5. The zero-order valence-electron chi connectivity index (χ0n) is 16.0. The van der Waals surface area contributed by atoms with Crippen LogP contribution in [0.4, 0.5) is 5.82 Å². The predicted molar refractivity (Wildman–Crippen MR) is 113 cm³/mol. The van der Waals surface area contributed by atoms with Gasteiger partial charge in [-0.1, -0.05) is 11.6 Å². The Morgan fingerprint density at radius 1 is 1.17 bits per heavy atom. The van der Waals surface area contributed by atoms with Crippen molar-refractivity contribution in [2.75, 3.05) is 18.0 Å². The molecule has 2 atom stereocenters. The van der Waals surface area contributed by atoms with Crippen LogP contribution in [0.5, 0.6) is 5.75 Å². The fourth-order valence-corrected chi connectivity index (χ4v) is 4.11. The molecule has 3 aromatic rings. The number of aromatic amines is 1. The molecule has 1 aliphatic heterocycles. The second-order valence-corrected chi connectivity index (χ2v) is 8.13. The summed E-state index contributed by atoms with van der Waals surface area (Å²) in [4.78, 5) is 34.3. The number of nitrogens with two attached hydrogens (primary N) is 1. The monoisotopic (exact) mass is 425 g/mol. The quantitative estimate of drug-likeness (QED) is 0.642. The second kappa shape index (κ2) is 7.30. The summed E-state index contributed by atoms with van der Waals surface area (Å²) >= 11 is 5.82. The number of nitrogens with one attached hydrogen (secondary N) is 1. The number of hydrogen-bond acceptors (Lipinski definition) is 6. The zero-order valence-corrected chi connectivity index (χ0v) is 16.7. The van der Waals surface area contributed by atoms with Crippen LogP contribution in [0.15, 0.2) is 58.4 Å². The van der Waals surface area contributed by atoms with Crippen LogP contribution < -0.4 is 26.5 Å². The van der Waals surface area contributed by atoms with Crippen LogP contribution in [0.25, 0.3) is 5.69 Å². The van der Waals surface area contributed by atoms with Gasteiger partial charge in [0.15, 0.2) is 0 Å². The third-order valence-electron chi connectivity index (χ3n) is 5.80. The molecule has 0 aromatic carbocycles. The molecule has 1 saturated carbocycles. The molecule has 9 heteroatoms. The summed E-state index contributed by atoms with van der Waals surface area (Å²) in [5.74, 6) is 2.19. The maximum absolute atomic E-state index is 12.6. The molecule has 4 heterocycles. The first-order chi connectivity index (χ1) is 14.5. The fraction of sp³-hybridized carbons (Fsp3) is 0.286. The minimum atomic E-state index is -0.358. The Morgan fingerprint density at radius 3 is 2.63 bits per heavy atom. The number of anilines is 1. The minimum Gasteiger partial charge on any atom is -0.487 e. The van der Waals surface area contributed by atoms with Gasteiger partial charge in [-0.2, -0.15) is 0 Å². The van der Waals surface area contributed by atoms with E-state index in [2.05, 4.69) is 14.9 Å². The van der Waals surface area contributed by atoms with Crippen LogP contribution in [-0.4, -0.2) is 33.7 Å². The predicted octanol–water partition coefficient (Wildman–Crippen LogP) is 1.55. The van der Waals surface area contributed by atoms with Gasteiger partial charge in [0, 0.05) is 37.6 Å². The molecule has 2 aliphatic rings. The summed E-state index contributed by atoms with van der Waals surface area (Å²) in [6.07, 6.45) is 3.06. The van der Waals surface area contributed by atoms with Gasteiger partial charge in [0.1, 0.15) is 23.9 Å². The molecule has 1 saturated heterocycles. The normalized spacial score (nSPS) is 22.1. The lowest BCUT2D eigenvalue weighted by Gasteiger charge is -2.21. The van der Waals surface area contributed by atoms with Crippen molar-refractivity contribution in [1.29, 1.82) is 0 Å². The summed E-state index contributed by atoms with van der Waals surface area (Å²) in [6.45, 7) is 1.92. The van der Waals surface area contributed by atoms with E-state index in [1.54, 1.807) is 24.3 Å². The highest BCUT2D eigenvalue weighted by Crippen LogP contribution is 2.44. The van der Waals surface area contributed by atoms with Crippen LogP contribution >= 0.6 is 11.6 Å². The van der Waals surface area contributed by atoms with Gasteiger partial charge in [0.25, 0.3) is 11.1 Å². The Labute approximate surface area is 176 Å². The highest BCUT2D eigenvalue weighted by molar-refractivity contribution is 6.30. The van der Waals surface area contributed by atoms with Gasteiger partial charge in [-0.25, -0.2) is 0 Å². The Kier molecular flexibility index (Phi) is 4.60. The van der Waals surface area contributed by atoms with E-state index in [9.17, 15) is 9.59 Å². The maximum Gasteiger partial charge on any atom is 0.273 e. The van der Waals surface area contributed by atoms with Gasteiger partial charge in [0.2, 0.25) is 0 Å². The van der Waals surface area contributed by atoms with E-state index in [1.165, 1.54) is 23.0 Å². The van der Waals surface area contributed by atoms with E-state index in [1.807, 2.05) is 6.07 Å². The first-order valence-corrected chi connectivity index (χ1v) is 10.1. The van der Waals surface area contributed by atoms with E-state index in [-0.39, 0.29) is 23.4 Å². The molecule has 0 radical (unpaired) electrons. The van der Waals surface area contributed by atoms with Crippen molar-refractivity contribution in [1.82, 2.24) is 14.5 Å². The standard InChI is InChI=1S/C21H20ClN5O3/c22-12-1-2-13(24-8-12)11-30-14-5-6-27(19(28)7-14)17-3-4-18(25-21(17)29)26-9-15-16(10-26)20(15)23/h1-8,15-16,20H,9-11,23H2,(H,25,29). The topological polar surface area (TPSA) is 106 Å². The van der Waals surface area contributed by atoms with E-state index >= 15 is 0 Å². The summed E-state index contributed by atoms with van der Waals surface area (Å²) in [5, 5.41) is 0.544. The lowest BCUT2D eigenvalue weighted by atomic mass is 10.3. The highest BCUT2D eigenvalue weighted by Gasteiger charge is 2.53. The van der Waals surface area contributed by atoms with Gasteiger partial charge >= 0.3 is 0 Å². The van der Waals surface area contributed by atoms with Crippen molar-refractivity contribution in [3.63, 3.8) is 0 Å². The number of H-pyrrole nitrogens is 1. The molecule has 2 unspecified atom stereocenters. The largest absolute Gasteiger partial charge is 0.487 e. The molecule has 8 nitrogen and oxygen atoms in total. The average molecular weight is 426 g/mol. The number of nitrogens with zero attached hydrogens (tertiary/aromatic N) is 3. The minimum absolute atomic E-state index is 0.206. The van der Waals surface area contributed by atoms with Crippen LogP contribution in [0, 0.1) is 11.8 Å². The molecule has 3 N–H and O–H groups in total. The number of aromatic nitrogens is 3. The van der Waals surface area contributed by atoms with Gasteiger partial charge in [0.05, 0.1) is 10.7 Å². The van der Waals surface area contributed by atoms with Gasteiger partial charge < -0.3 is 20.4 Å². The van der Waals surface area contributed by atoms with Crippen molar-refractivity contribution in [2.45, 2.75) is 12.6 Å². The Balaban J connectivity index is 1.31. The molecule has 0 bridgehead atoms. The lowest BCUT2D eigenvalue weighted by molar-refractivity contribution is 0.300. The molecular weight excluding hydrogens is 406 g/mol.